The molecule has 94 valence electrons. The van der Waals surface area contributed by atoms with Gasteiger partial charge in [0.25, 0.3) is 5.91 Å². The first-order chi connectivity index (χ1) is 7.99. The molecule has 0 unspecified atom stereocenters. The van der Waals surface area contributed by atoms with Gasteiger partial charge in [-0.2, -0.15) is 0 Å². The van der Waals surface area contributed by atoms with Crippen molar-refractivity contribution in [2.45, 2.75) is 31.9 Å². The summed E-state index contributed by atoms with van der Waals surface area (Å²) in [5.74, 6) is 0.269. The average Bonchev–Trinajstić information content (AvgIpc) is 2.36. The normalized spacial score (nSPS) is 11.3. The van der Waals surface area contributed by atoms with Gasteiger partial charge in [-0.05, 0) is 31.5 Å². The number of nitrogens with one attached hydrogen (secondary N) is 1. The largest absolute Gasteiger partial charge is 0.369 e. The van der Waals surface area contributed by atoms with E-state index >= 15 is 0 Å². The molecular formula is C12H17ClN2O2. The van der Waals surface area contributed by atoms with Gasteiger partial charge < -0.3 is 10.1 Å². The molecule has 0 aliphatic carbocycles. The van der Waals surface area contributed by atoms with Crippen molar-refractivity contribution < 1.29 is 9.53 Å². The summed E-state index contributed by atoms with van der Waals surface area (Å²) in [5.41, 5.74) is 0.935. The number of hydrogen-bond acceptors (Lipinski definition) is 3. The Labute approximate surface area is 106 Å². The number of ether oxygens (including phenoxy) is 1. The van der Waals surface area contributed by atoms with Crippen LogP contribution >= 0.6 is 11.6 Å². The quantitative estimate of drug-likeness (QED) is 0.819. The highest BCUT2D eigenvalue weighted by Gasteiger charge is 2.26. The van der Waals surface area contributed by atoms with Gasteiger partial charge in [-0.15, -0.1) is 11.6 Å². The van der Waals surface area contributed by atoms with Crippen molar-refractivity contribution in [2.75, 3.05) is 7.11 Å². The Hall–Kier alpha value is -1.13. The molecule has 1 amide bonds. The van der Waals surface area contributed by atoms with Gasteiger partial charge >= 0.3 is 0 Å². The summed E-state index contributed by atoms with van der Waals surface area (Å²) >= 11 is 5.72. The predicted molar refractivity (Wildman–Crippen MR) is 66.7 cm³/mol. The number of aromatic nitrogens is 1. The van der Waals surface area contributed by atoms with Crippen molar-refractivity contribution in [3.8, 4) is 0 Å². The second-order valence-electron chi connectivity index (χ2n) is 4.19. The van der Waals surface area contributed by atoms with Crippen molar-refractivity contribution in [1.29, 1.82) is 0 Å². The van der Waals surface area contributed by atoms with Crippen LogP contribution in [-0.4, -0.2) is 23.6 Å². The number of carbonyl (C=O) groups excluding carboxylic acids is 1. The molecule has 0 saturated heterocycles. The van der Waals surface area contributed by atoms with Crippen LogP contribution in [0.3, 0.4) is 0 Å². The third kappa shape index (κ3) is 3.98. The van der Waals surface area contributed by atoms with Crippen molar-refractivity contribution in [3.63, 3.8) is 0 Å². The third-order valence-corrected chi connectivity index (χ3v) is 2.83. The molecule has 1 aromatic rings. The summed E-state index contributed by atoms with van der Waals surface area (Å²) in [7, 11) is 1.51. The Morgan fingerprint density at radius 3 is 2.88 bits per heavy atom. The number of pyridine rings is 1. The number of halogens is 1. The molecule has 0 fully saturated rings. The van der Waals surface area contributed by atoms with Crippen molar-refractivity contribution in [1.82, 2.24) is 10.3 Å². The van der Waals surface area contributed by atoms with Crippen molar-refractivity contribution in [3.05, 3.63) is 29.6 Å². The smallest absolute Gasteiger partial charge is 0.251 e. The molecule has 0 aliphatic heterocycles. The van der Waals surface area contributed by atoms with Gasteiger partial charge in [-0.1, -0.05) is 0 Å². The highest BCUT2D eigenvalue weighted by atomic mass is 35.5. The highest BCUT2D eigenvalue weighted by Crippen LogP contribution is 2.08. The summed E-state index contributed by atoms with van der Waals surface area (Å²) in [5, 5.41) is 2.77. The minimum absolute atomic E-state index is 0.168. The maximum atomic E-state index is 11.7. The topological polar surface area (TPSA) is 51.2 Å². The van der Waals surface area contributed by atoms with Gasteiger partial charge in [0.1, 0.15) is 5.60 Å². The zero-order valence-electron chi connectivity index (χ0n) is 10.3. The molecule has 0 bridgehead atoms. The van der Waals surface area contributed by atoms with Crippen LogP contribution in [-0.2, 0) is 22.0 Å². The molecule has 17 heavy (non-hydrogen) atoms. The highest BCUT2D eigenvalue weighted by molar-refractivity contribution is 6.17. The maximum absolute atomic E-state index is 11.7. The van der Waals surface area contributed by atoms with Gasteiger partial charge in [0.2, 0.25) is 0 Å². The number of methoxy groups -OCH3 is 1. The Morgan fingerprint density at radius 2 is 2.29 bits per heavy atom. The van der Waals surface area contributed by atoms with E-state index in [1.807, 2.05) is 12.1 Å². The zero-order chi connectivity index (χ0) is 12.9. The number of amides is 1. The fraction of sp³-hybridized carbons (Fsp3) is 0.500. The molecule has 1 heterocycles. The van der Waals surface area contributed by atoms with E-state index in [1.54, 1.807) is 20.0 Å². The van der Waals surface area contributed by atoms with Gasteiger partial charge in [0.05, 0.1) is 12.2 Å². The molecule has 4 nitrogen and oxygen atoms in total. The Bertz CT molecular complexity index is 394. The molecule has 0 spiro atoms. The van der Waals surface area contributed by atoms with Crippen LogP contribution in [0.5, 0.6) is 0 Å². The van der Waals surface area contributed by atoms with Crippen LogP contribution in [0.15, 0.2) is 18.3 Å². The Balaban J connectivity index is 2.58. The first-order valence-corrected chi connectivity index (χ1v) is 5.86. The number of nitrogens with zero attached hydrogens (tertiary/aromatic N) is 1. The lowest BCUT2D eigenvalue weighted by Gasteiger charge is -2.21. The monoisotopic (exact) mass is 256 g/mol. The lowest BCUT2D eigenvalue weighted by atomic mass is 10.1. The fourth-order valence-electron chi connectivity index (χ4n) is 1.18. The number of hydrogen-bond donors (Lipinski definition) is 1. The summed E-state index contributed by atoms with van der Waals surface area (Å²) < 4.78 is 5.08. The molecule has 0 atom stereocenters. The molecule has 0 aromatic carbocycles. The average molecular weight is 257 g/mol. The summed E-state index contributed by atoms with van der Waals surface area (Å²) in [6.45, 7) is 3.80. The zero-order valence-corrected chi connectivity index (χ0v) is 11.0. The minimum Gasteiger partial charge on any atom is -0.369 e. The predicted octanol–water partition coefficient (Wildman–Crippen LogP) is 1.86. The minimum atomic E-state index is -0.829. The molecule has 0 saturated carbocycles. The lowest BCUT2D eigenvalue weighted by molar-refractivity contribution is -0.139. The van der Waals surface area contributed by atoms with E-state index in [1.165, 1.54) is 7.11 Å². The van der Waals surface area contributed by atoms with Crippen molar-refractivity contribution >= 4 is 17.5 Å². The van der Waals surface area contributed by atoms with Crippen LogP contribution in [0.4, 0.5) is 0 Å². The van der Waals surface area contributed by atoms with E-state index in [0.717, 1.165) is 11.3 Å². The number of rotatable bonds is 5. The summed E-state index contributed by atoms with van der Waals surface area (Å²) in [6, 6.07) is 3.71. The van der Waals surface area contributed by atoms with Gasteiger partial charge in [0, 0.05) is 19.2 Å². The molecule has 1 N–H and O–H groups in total. The van der Waals surface area contributed by atoms with Gasteiger partial charge in [-0.3, -0.25) is 9.78 Å². The molecular weight excluding hydrogens is 240 g/mol. The van der Waals surface area contributed by atoms with Crippen LogP contribution < -0.4 is 5.32 Å². The molecule has 1 rings (SSSR count). The Morgan fingerprint density at radius 1 is 1.59 bits per heavy atom. The third-order valence-electron chi connectivity index (χ3n) is 2.52. The second-order valence-corrected chi connectivity index (χ2v) is 4.45. The van der Waals surface area contributed by atoms with Crippen molar-refractivity contribution in [2.24, 2.45) is 0 Å². The second kappa shape index (κ2) is 5.98. The first kappa shape index (κ1) is 13.9. The van der Waals surface area contributed by atoms with Crippen LogP contribution in [0.2, 0.25) is 0 Å². The van der Waals surface area contributed by atoms with E-state index in [4.69, 9.17) is 16.3 Å². The molecule has 0 radical (unpaired) electrons. The Kier molecular flexibility index (Phi) is 4.90. The van der Waals surface area contributed by atoms with E-state index in [-0.39, 0.29) is 5.91 Å². The lowest BCUT2D eigenvalue weighted by Crippen LogP contribution is -2.43. The van der Waals surface area contributed by atoms with Crippen LogP contribution in [0.25, 0.3) is 0 Å². The van der Waals surface area contributed by atoms with Gasteiger partial charge in [0.15, 0.2) is 0 Å². The van der Waals surface area contributed by atoms with E-state index in [2.05, 4.69) is 10.3 Å². The van der Waals surface area contributed by atoms with Gasteiger partial charge in [-0.25, -0.2) is 0 Å². The SMILES string of the molecule is COC(C)(C)C(=O)NCc1cc(CCl)ccn1. The molecule has 5 heteroatoms. The van der Waals surface area contributed by atoms with Crippen LogP contribution in [0, 0.1) is 0 Å². The standard InChI is InChI=1S/C12H17ClN2O2/c1-12(2,17-3)11(16)15-8-10-6-9(7-13)4-5-14-10/h4-6H,7-8H2,1-3H3,(H,15,16). The van der Waals surface area contributed by atoms with E-state index in [0.29, 0.717) is 12.4 Å². The first-order valence-electron chi connectivity index (χ1n) is 5.33. The summed E-state index contributed by atoms with van der Waals surface area (Å²) in [4.78, 5) is 15.9. The molecule has 0 aliphatic rings. The molecule has 1 aromatic heterocycles. The van der Waals surface area contributed by atoms with E-state index < -0.39 is 5.60 Å². The fourth-order valence-corrected chi connectivity index (χ4v) is 1.35. The number of alkyl halides is 1. The van der Waals surface area contributed by atoms with Crippen LogP contribution in [0.1, 0.15) is 25.1 Å². The van der Waals surface area contributed by atoms with E-state index in [9.17, 15) is 4.79 Å². The maximum Gasteiger partial charge on any atom is 0.251 e. The summed E-state index contributed by atoms with van der Waals surface area (Å²) in [6.07, 6.45) is 1.68. The number of carbonyl (C=O) groups is 1.